The van der Waals surface area contributed by atoms with E-state index >= 15 is 0 Å². The second-order valence-corrected chi connectivity index (χ2v) is 7.46. The Morgan fingerprint density at radius 1 is 1.20 bits per heavy atom. The molecule has 132 valence electrons. The Morgan fingerprint density at radius 2 is 1.92 bits per heavy atom. The van der Waals surface area contributed by atoms with Crippen LogP contribution < -0.4 is 15.8 Å². The Labute approximate surface area is 145 Å². The summed E-state index contributed by atoms with van der Waals surface area (Å²) < 4.78 is 22.4. The number of hydrogen-bond acceptors (Lipinski definition) is 6. The summed E-state index contributed by atoms with van der Waals surface area (Å²) in [5.41, 5.74) is 1.20. The van der Waals surface area contributed by atoms with E-state index in [1.807, 2.05) is 0 Å². The molecule has 0 atom stereocenters. The standard InChI is InChI=1S/C16H19N5O3S/c17-25(23,24)13-5-1-11(2-6-13)7-8-18-16(22)14-9-15(20-10-19-14)21-12-3-4-12/h1-2,5-6,9-10,12H,3-4,7-8H2,(H,18,22)(H2,17,23,24)(H,19,20,21). The number of anilines is 1. The molecule has 2 aromatic rings. The minimum atomic E-state index is -3.69. The van der Waals surface area contributed by atoms with Crippen LogP contribution in [0.25, 0.3) is 0 Å². The van der Waals surface area contributed by atoms with Gasteiger partial charge in [0.2, 0.25) is 10.0 Å². The fraction of sp³-hybridized carbons (Fsp3) is 0.312. The number of hydrogen-bond donors (Lipinski definition) is 3. The molecule has 0 aliphatic heterocycles. The molecule has 0 bridgehead atoms. The summed E-state index contributed by atoms with van der Waals surface area (Å²) in [5, 5.41) is 11.1. The van der Waals surface area contributed by atoms with E-state index in [1.54, 1.807) is 18.2 Å². The van der Waals surface area contributed by atoms with Gasteiger partial charge in [0.25, 0.3) is 5.91 Å². The second-order valence-electron chi connectivity index (χ2n) is 5.90. The average Bonchev–Trinajstić information content (AvgIpc) is 3.38. The van der Waals surface area contributed by atoms with Crippen LogP contribution in [0.5, 0.6) is 0 Å². The summed E-state index contributed by atoms with van der Waals surface area (Å²) in [6.45, 7) is 0.406. The number of nitrogens with zero attached hydrogens (tertiary/aromatic N) is 2. The highest BCUT2D eigenvalue weighted by Crippen LogP contribution is 2.23. The van der Waals surface area contributed by atoms with Gasteiger partial charge in [-0.2, -0.15) is 0 Å². The van der Waals surface area contributed by atoms with Gasteiger partial charge in [0.05, 0.1) is 4.90 Å². The zero-order chi connectivity index (χ0) is 17.9. The third kappa shape index (κ3) is 4.97. The van der Waals surface area contributed by atoms with Crippen molar-refractivity contribution in [3.05, 3.63) is 47.9 Å². The first-order chi connectivity index (χ1) is 11.9. The van der Waals surface area contributed by atoms with Crippen LogP contribution >= 0.6 is 0 Å². The maximum absolute atomic E-state index is 12.1. The second kappa shape index (κ2) is 7.16. The van der Waals surface area contributed by atoms with E-state index in [4.69, 9.17) is 5.14 Å². The number of aromatic nitrogens is 2. The monoisotopic (exact) mass is 361 g/mol. The SMILES string of the molecule is NS(=O)(=O)c1ccc(CCNC(=O)c2cc(NC3CC3)ncn2)cc1. The predicted molar refractivity (Wildman–Crippen MR) is 92.5 cm³/mol. The van der Waals surface area contributed by atoms with Gasteiger partial charge in [0.1, 0.15) is 17.8 Å². The van der Waals surface area contributed by atoms with Gasteiger partial charge in [-0.3, -0.25) is 4.79 Å². The highest BCUT2D eigenvalue weighted by atomic mass is 32.2. The molecule has 25 heavy (non-hydrogen) atoms. The molecule has 0 radical (unpaired) electrons. The van der Waals surface area contributed by atoms with E-state index in [9.17, 15) is 13.2 Å². The van der Waals surface area contributed by atoms with Gasteiger partial charge in [0, 0.05) is 18.7 Å². The predicted octanol–water partition coefficient (Wildman–Crippen LogP) is 0.671. The van der Waals surface area contributed by atoms with Gasteiger partial charge >= 0.3 is 0 Å². The number of primary sulfonamides is 1. The third-order valence-corrected chi connectivity index (χ3v) is 4.71. The molecular formula is C16H19N5O3S. The molecule has 1 amide bonds. The molecule has 0 saturated heterocycles. The number of amides is 1. The minimum Gasteiger partial charge on any atom is -0.367 e. The number of carbonyl (C=O) groups excluding carboxylic acids is 1. The van der Waals surface area contributed by atoms with E-state index in [1.165, 1.54) is 18.5 Å². The molecule has 1 heterocycles. The van der Waals surface area contributed by atoms with E-state index in [2.05, 4.69) is 20.6 Å². The molecule has 1 saturated carbocycles. The van der Waals surface area contributed by atoms with Gasteiger partial charge in [-0.1, -0.05) is 12.1 Å². The number of rotatable bonds is 7. The highest BCUT2D eigenvalue weighted by Gasteiger charge is 2.21. The molecule has 9 heteroatoms. The van der Waals surface area contributed by atoms with Gasteiger partial charge in [-0.15, -0.1) is 0 Å². The van der Waals surface area contributed by atoms with Gasteiger partial charge in [-0.05, 0) is 37.0 Å². The number of sulfonamides is 1. The van der Waals surface area contributed by atoms with Crippen molar-refractivity contribution in [1.82, 2.24) is 15.3 Å². The number of benzene rings is 1. The third-order valence-electron chi connectivity index (χ3n) is 3.78. The molecule has 0 spiro atoms. The Morgan fingerprint density at radius 3 is 2.56 bits per heavy atom. The summed E-state index contributed by atoms with van der Waals surface area (Å²) >= 11 is 0. The molecule has 1 aliphatic carbocycles. The van der Waals surface area contributed by atoms with E-state index in [-0.39, 0.29) is 10.8 Å². The van der Waals surface area contributed by atoms with Crippen molar-refractivity contribution in [3.63, 3.8) is 0 Å². The lowest BCUT2D eigenvalue weighted by Crippen LogP contribution is -2.26. The van der Waals surface area contributed by atoms with Crippen LogP contribution in [0.1, 0.15) is 28.9 Å². The summed E-state index contributed by atoms with van der Waals surface area (Å²) in [7, 11) is -3.69. The zero-order valence-electron chi connectivity index (χ0n) is 13.5. The first kappa shape index (κ1) is 17.3. The molecular weight excluding hydrogens is 342 g/mol. The van der Waals surface area contributed by atoms with E-state index in [0.29, 0.717) is 30.5 Å². The molecule has 3 rings (SSSR count). The molecule has 1 aromatic carbocycles. The first-order valence-electron chi connectivity index (χ1n) is 7.90. The van der Waals surface area contributed by atoms with Crippen LogP contribution in [0.15, 0.2) is 41.6 Å². The Balaban J connectivity index is 1.52. The molecule has 8 nitrogen and oxygen atoms in total. The van der Waals surface area contributed by atoms with Gasteiger partial charge in [-0.25, -0.2) is 23.5 Å². The van der Waals surface area contributed by atoms with Crippen LogP contribution in [-0.4, -0.2) is 36.9 Å². The zero-order valence-corrected chi connectivity index (χ0v) is 14.3. The van der Waals surface area contributed by atoms with Crippen LogP contribution in [0, 0.1) is 0 Å². The first-order valence-corrected chi connectivity index (χ1v) is 9.45. The lowest BCUT2D eigenvalue weighted by molar-refractivity contribution is 0.0949. The fourth-order valence-electron chi connectivity index (χ4n) is 2.25. The van der Waals surface area contributed by atoms with Crippen molar-refractivity contribution in [2.45, 2.75) is 30.2 Å². The summed E-state index contributed by atoms with van der Waals surface area (Å²) in [6, 6.07) is 8.34. The molecule has 0 unspecified atom stereocenters. The van der Waals surface area contributed by atoms with Crippen molar-refractivity contribution in [2.75, 3.05) is 11.9 Å². The van der Waals surface area contributed by atoms with Crippen LogP contribution in [0.2, 0.25) is 0 Å². The normalized spacial score (nSPS) is 14.1. The summed E-state index contributed by atoms with van der Waals surface area (Å²) in [6.07, 6.45) is 4.17. The summed E-state index contributed by atoms with van der Waals surface area (Å²) in [5.74, 6) is 0.378. The maximum atomic E-state index is 12.1. The van der Waals surface area contributed by atoms with E-state index < -0.39 is 10.0 Å². The largest absolute Gasteiger partial charge is 0.367 e. The van der Waals surface area contributed by atoms with Gasteiger partial charge < -0.3 is 10.6 Å². The maximum Gasteiger partial charge on any atom is 0.270 e. The minimum absolute atomic E-state index is 0.0666. The Kier molecular flexibility index (Phi) is 4.95. The van der Waals surface area contributed by atoms with Gasteiger partial charge in [0.15, 0.2) is 0 Å². The Hall–Kier alpha value is -2.52. The molecule has 4 N–H and O–H groups in total. The average molecular weight is 361 g/mol. The molecule has 1 fully saturated rings. The molecule has 1 aromatic heterocycles. The van der Waals surface area contributed by atoms with Crippen LogP contribution in [0.3, 0.4) is 0 Å². The van der Waals surface area contributed by atoms with Crippen molar-refractivity contribution < 1.29 is 13.2 Å². The van der Waals surface area contributed by atoms with Crippen LogP contribution in [-0.2, 0) is 16.4 Å². The summed E-state index contributed by atoms with van der Waals surface area (Å²) in [4.78, 5) is 20.3. The Bertz CT molecular complexity index is 864. The lowest BCUT2D eigenvalue weighted by Gasteiger charge is -2.07. The topological polar surface area (TPSA) is 127 Å². The quantitative estimate of drug-likeness (QED) is 0.665. The number of carbonyl (C=O) groups is 1. The van der Waals surface area contributed by atoms with E-state index in [0.717, 1.165) is 18.4 Å². The lowest BCUT2D eigenvalue weighted by atomic mass is 10.1. The smallest absolute Gasteiger partial charge is 0.270 e. The van der Waals surface area contributed by atoms with Crippen molar-refractivity contribution in [3.8, 4) is 0 Å². The van der Waals surface area contributed by atoms with Crippen molar-refractivity contribution in [2.24, 2.45) is 5.14 Å². The molecule has 1 aliphatic rings. The number of nitrogens with one attached hydrogen (secondary N) is 2. The van der Waals surface area contributed by atoms with Crippen LogP contribution in [0.4, 0.5) is 5.82 Å². The van der Waals surface area contributed by atoms with Crippen molar-refractivity contribution in [1.29, 1.82) is 0 Å². The highest BCUT2D eigenvalue weighted by molar-refractivity contribution is 7.89. The number of nitrogens with two attached hydrogens (primary N) is 1. The van der Waals surface area contributed by atoms with Crippen molar-refractivity contribution >= 4 is 21.7 Å². The fourth-order valence-corrected chi connectivity index (χ4v) is 2.77.